The summed E-state index contributed by atoms with van der Waals surface area (Å²) in [5.41, 5.74) is 3.24. The Balaban J connectivity index is 1.49. The van der Waals surface area contributed by atoms with Gasteiger partial charge in [-0.3, -0.25) is 0 Å². The van der Waals surface area contributed by atoms with Crippen LogP contribution in [0.3, 0.4) is 0 Å². The number of aliphatic hydroxyl groups is 1. The molecule has 0 saturated carbocycles. The van der Waals surface area contributed by atoms with Crippen LogP contribution in [0.15, 0.2) is 91.0 Å². The highest BCUT2D eigenvalue weighted by Crippen LogP contribution is 2.33. The van der Waals surface area contributed by atoms with E-state index >= 15 is 0 Å². The second kappa shape index (κ2) is 12.8. The van der Waals surface area contributed by atoms with Crippen molar-refractivity contribution >= 4 is 0 Å². The molecule has 1 aliphatic heterocycles. The molecule has 180 valence electrons. The predicted octanol–water partition coefficient (Wildman–Crippen LogP) is 5.12. The van der Waals surface area contributed by atoms with Gasteiger partial charge in [-0.05, 0) is 23.1 Å². The maximum atomic E-state index is 10.8. The van der Waals surface area contributed by atoms with Crippen molar-refractivity contribution in [3.63, 3.8) is 0 Å². The zero-order valence-corrected chi connectivity index (χ0v) is 19.7. The van der Waals surface area contributed by atoms with Crippen molar-refractivity contribution < 1.29 is 24.1 Å². The molecule has 5 heteroatoms. The standard InChI is InChI=1S/C29H34O5/c1-2-25-27(32-19-23-14-8-4-9-15-23)28(33-20-24-16-10-5-11-17-24)26(34-29(25)30)21-31-18-22-12-6-3-7-13-22/h3-17,25-30H,2,18-21H2,1H3/t25-,26+,27+,28+,29-/m0/s1. The summed E-state index contributed by atoms with van der Waals surface area (Å²) in [5, 5.41) is 10.8. The van der Waals surface area contributed by atoms with Gasteiger partial charge in [-0.2, -0.15) is 0 Å². The molecule has 3 aromatic rings. The minimum absolute atomic E-state index is 0.199. The molecule has 0 aliphatic carbocycles. The van der Waals surface area contributed by atoms with Crippen LogP contribution >= 0.6 is 0 Å². The first kappa shape index (κ1) is 24.6. The van der Waals surface area contributed by atoms with Crippen LogP contribution in [-0.2, 0) is 38.8 Å². The largest absolute Gasteiger partial charge is 0.374 e. The molecule has 3 aromatic carbocycles. The Labute approximate surface area is 202 Å². The molecule has 0 spiro atoms. The molecule has 5 nitrogen and oxygen atoms in total. The summed E-state index contributed by atoms with van der Waals surface area (Å²) < 4.78 is 24.9. The zero-order valence-electron chi connectivity index (χ0n) is 19.7. The number of hydrogen-bond acceptors (Lipinski definition) is 5. The first-order valence-corrected chi connectivity index (χ1v) is 12.0. The lowest BCUT2D eigenvalue weighted by Crippen LogP contribution is -2.57. The molecule has 0 radical (unpaired) electrons. The molecule has 5 atom stereocenters. The van der Waals surface area contributed by atoms with Gasteiger partial charge in [0.25, 0.3) is 0 Å². The molecule has 0 aromatic heterocycles. The van der Waals surface area contributed by atoms with Crippen LogP contribution in [0.4, 0.5) is 0 Å². The van der Waals surface area contributed by atoms with Crippen molar-refractivity contribution in [1.29, 1.82) is 0 Å². The molecule has 1 heterocycles. The molecule has 1 N–H and O–H groups in total. The van der Waals surface area contributed by atoms with Crippen molar-refractivity contribution in [3.05, 3.63) is 108 Å². The van der Waals surface area contributed by atoms with E-state index in [1.807, 2.05) is 97.9 Å². The molecule has 1 fully saturated rings. The van der Waals surface area contributed by atoms with E-state index in [0.29, 0.717) is 32.8 Å². The minimum Gasteiger partial charge on any atom is -0.374 e. The molecule has 4 rings (SSSR count). The monoisotopic (exact) mass is 462 g/mol. The maximum Gasteiger partial charge on any atom is 0.160 e. The summed E-state index contributed by atoms with van der Waals surface area (Å²) in [6.45, 7) is 3.68. The fraction of sp³-hybridized carbons (Fsp3) is 0.379. The summed E-state index contributed by atoms with van der Waals surface area (Å²) in [4.78, 5) is 0. The predicted molar refractivity (Wildman–Crippen MR) is 131 cm³/mol. The Morgan fingerprint density at radius 3 is 1.65 bits per heavy atom. The van der Waals surface area contributed by atoms with E-state index in [0.717, 1.165) is 16.7 Å². The van der Waals surface area contributed by atoms with Gasteiger partial charge in [-0.25, -0.2) is 0 Å². The fourth-order valence-corrected chi connectivity index (χ4v) is 4.36. The van der Waals surface area contributed by atoms with Gasteiger partial charge < -0.3 is 24.1 Å². The van der Waals surface area contributed by atoms with Crippen molar-refractivity contribution in [2.24, 2.45) is 5.92 Å². The first-order valence-electron chi connectivity index (χ1n) is 12.0. The van der Waals surface area contributed by atoms with Crippen molar-refractivity contribution in [3.8, 4) is 0 Å². The highest BCUT2D eigenvalue weighted by molar-refractivity contribution is 5.15. The highest BCUT2D eigenvalue weighted by atomic mass is 16.7. The Morgan fingerprint density at radius 1 is 0.676 bits per heavy atom. The highest BCUT2D eigenvalue weighted by Gasteiger charge is 2.46. The summed E-state index contributed by atoms with van der Waals surface area (Å²) >= 11 is 0. The van der Waals surface area contributed by atoms with E-state index in [4.69, 9.17) is 18.9 Å². The van der Waals surface area contributed by atoms with Crippen molar-refractivity contribution in [2.45, 2.75) is 57.8 Å². The normalized spacial score (nSPS) is 24.7. The Morgan fingerprint density at radius 2 is 1.15 bits per heavy atom. The Hall–Kier alpha value is -2.54. The van der Waals surface area contributed by atoms with E-state index < -0.39 is 12.4 Å². The van der Waals surface area contributed by atoms with Crippen LogP contribution in [-0.4, -0.2) is 36.3 Å². The quantitative estimate of drug-likeness (QED) is 0.429. The number of ether oxygens (including phenoxy) is 4. The molecular formula is C29H34O5. The zero-order chi connectivity index (χ0) is 23.6. The summed E-state index contributed by atoms with van der Waals surface area (Å²) in [5.74, 6) is -0.199. The first-order chi connectivity index (χ1) is 16.7. The lowest BCUT2D eigenvalue weighted by molar-refractivity contribution is -0.293. The van der Waals surface area contributed by atoms with Gasteiger partial charge in [0, 0.05) is 5.92 Å². The van der Waals surface area contributed by atoms with Crippen molar-refractivity contribution in [2.75, 3.05) is 6.61 Å². The molecule has 0 bridgehead atoms. The number of aliphatic hydroxyl groups excluding tert-OH is 1. The van der Waals surface area contributed by atoms with Gasteiger partial charge >= 0.3 is 0 Å². The van der Waals surface area contributed by atoms with Gasteiger partial charge in [0.1, 0.15) is 12.2 Å². The second-order valence-electron chi connectivity index (χ2n) is 8.66. The number of benzene rings is 3. The lowest BCUT2D eigenvalue weighted by atomic mass is 9.88. The smallest absolute Gasteiger partial charge is 0.160 e. The number of rotatable bonds is 11. The fourth-order valence-electron chi connectivity index (χ4n) is 4.36. The van der Waals surface area contributed by atoms with E-state index in [1.54, 1.807) is 0 Å². The Bertz CT molecular complexity index is 950. The molecule has 1 aliphatic rings. The Kier molecular flexibility index (Phi) is 9.25. The third-order valence-corrected chi connectivity index (χ3v) is 6.23. The number of hydrogen-bond donors (Lipinski definition) is 1. The van der Waals surface area contributed by atoms with E-state index in [2.05, 4.69) is 0 Å². The second-order valence-corrected chi connectivity index (χ2v) is 8.66. The topological polar surface area (TPSA) is 57.2 Å². The van der Waals surface area contributed by atoms with E-state index in [1.165, 1.54) is 0 Å². The van der Waals surface area contributed by atoms with Gasteiger partial charge in [0.2, 0.25) is 0 Å². The summed E-state index contributed by atoms with van der Waals surface area (Å²) in [7, 11) is 0. The average molecular weight is 463 g/mol. The lowest BCUT2D eigenvalue weighted by Gasteiger charge is -2.44. The molecule has 1 saturated heterocycles. The maximum absolute atomic E-state index is 10.8. The van der Waals surface area contributed by atoms with Gasteiger partial charge in [0.15, 0.2) is 6.29 Å². The van der Waals surface area contributed by atoms with E-state index in [-0.39, 0.29) is 18.1 Å². The van der Waals surface area contributed by atoms with E-state index in [9.17, 15) is 5.11 Å². The van der Waals surface area contributed by atoms with Crippen molar-refractivity contribution in [1.82, 2.24) is 0 Å². The van der Waals surface area contributed by atoms with Crippen LogP contribution in [0.5, 0.6) is 0 Å². The average Bonchev–Trinajstić information content (AvgIpc) is 2.88. The van der Waals surface area contributed by atoms with Crippen LogP contribution in [0.1, 0.15) is 30.0 Å². The molecule has 0 amide bonds. The summed E-state index contributed by atoms with van der Waals surface area (Å²) in [6.07, 6.45) is -1.39. The third kappa shape index (κ3) is 6.75. The van der Waals surface area contributed by atoms with Gasteiger partial charge in [-0.15, -0.1) is 0 Å². The summed E-state index contributed by atoms with van der Waals surface area (Å²) in [6, 6.07) is 30.1. The van der Waals surface area contributed by atoms with Crippen LogP contribution in [0.25, 0.3) is 0 Å². The van der Waals surface area contributed by atoms with Crippen LogP contribution < -0.4 is 0 Å². The minimum atomic E-state index is -0.937. The SMILES string of the molecule is CC[C@H]1[C@@H](OCc2ccccc2)[C@H](OCc2ccccc2)[C@@H](COCc2ccccc2)O[C@@H]1O. The van der Waals surface area contributed by atoms with Crippen LogP contribution in [0.2, 0.25) is 0 Å². The molecule has 34 heavy (non-hydrogen) atoms. The van der Waals surface area contributed by atoms with Gasteiger partial charge in [0.05, 0.1) is 32.5 Å². The third-order valence-electron chi connectivity index (χ3n) is 6.23. The molecule has 0 unspecified atom stereocenters. The molecular weight excluding hydrogens is 428 g/mol. The van der Waals surface area contributed by atoms with Crippen LogP contribution in [0, 0.1) is 5.92 Å². The van der Waals surface area contributed by atoms with Gasteiger partial charge in [-0.1, -0.05) is 97.9 Å².